The molecule has 0 saturated carbocycles. The molecule has 3 N–H and O–H groups in total. The number of hydrogen-bond acceptors (Lipinski definition) is 3. The van der Waals surface area contributed by atoms with Crippen molar-refractivity contribution in [3.8, 4) is 0 Å². The van der Waals surface area contributed by atoms with Crippen LogP contribution < -0.4 is 0 Å². The Balaban J connectivity index is 0. The van der Waals surface area contributed by atoms with E-state index in [1.165, 1.54) is 0 Å². The first-order valence-corrected chi connectivity index (χ1v) is 3.93. The van der Waals surface area contributed by atoms with E-state index in [1.54, 1.807) is 13.8 Å². The summed E-state index contributed by atoms with van der Waals surface area (Å²) in [6.45, 7) is 3.44. The van der Waals surface area contributed by atoms with Gasteiger partial charge >= 0.3 is 8.60 Å². The summed E-state index contributed by atoms with van der Waals surface area (Å²) >= 11 is 10.6. The molecule has 0 aliphatic carbocycles. The topological polar surface area (TPSA) is 60.7 Å². The Hall–Kier alpha value is 0.890. The van der Waals surface area contributed by atoms with Gasteiger partial charge in [0.2, 0.25) is 0 Å². The molecule has 0 unspecified atom stereocenters. The van der Waals surface area contributed by atoms with Crippen molar-refractivity contribution < 1.29 is 14.7 Å². The minimum absolute atomic E-state index is 0.556. The Bertz CT molecular complexity index is 53.8. The van der Waals surface area contributed by atoms with E-state index in [2.05, 4.69) is 0 Å². The van der Waals surface area contributed by atoms with Crippen molar-refractivity contribution >= 4 is 31.8 Å². The Kier molecular flexibility index (Phi) is 7.89. The second kappa shape index (κ2) is 5.66. The summed E-state index contributed by atoms with van der Waals surface area (Å²) in [5, 5.41) is 0. The molecule has 0 bridgehead atoms. The van der Waals surface area contributed by atoms with E-state index >= 15 is 0 Å². The molecule has 0 amide bonds. The van der Waals surface area contributed by atoms with Gasteiger partial charge in [0.25, 0.3) is 0 Å². The van der Waals surface area contributed by atoms with E-state index in [9.17, 15) is 0 Å². The van der Waals surface area contributed by atoms with Gasteiger partial charge in [0, 0.05) is 0 Å². The second-order valence-electron chi connectivity index (χ2n) is 1.60. The Morgan fingerprint density at radius 3 is 1.11 bits per heavy atom. The van der Waals surface area contributed by atoms with Crippen LogP contribution in [0, 0.1) is 0 Å². The highest BCUT2D eigenvalue weighted by molar-refractivity contribution is 7.38. The number of hydrogen-bond donors (Lipinski definition) is 3. The smallest absolute Gasteiger partial charge is 0.324 e. The summed E-state index contributed by atoms with van der Waals surface area (Å²) < 4.78 is -0.556. The zero-order valence-electron chi connectivity index (χ0n) is 5.04. The summed E-state index contributed by atoms with van der Waals surface area (Å²) in [7, 11) is -2.62. The van der Waals surface area contributed by atoms with Gasteiger partial charge in [-0.15, -0.1) is 23.2 Å². The first kappa shape index (κ1) is 12.6. The molecular weight excluding hydrogens is 186 g/mol. The van der Waals surface area contributed by atoms with Crippen molar-refractivity contribution in [2.75, 3.05) is 0 Å². The van der Waals surface area contributed by atoms with Gasteiger partial charge < -0.3 is 14.7 Å². The molecule has 0 aromatic carbocycles. The van der Waals surface area contributed by atoms with Crippen LogP contribution in [0.5, 0.6) is 0 Å². The minimum atomic E-state index is -2.62. The van der Waals surface area contributed by atoms with E-state index in [0.29, 0.717) is 0 Å². The highest BCUT2D eigenvalue weighted by Gasteiger charge is 2.03. The lowest BCUT2D eigenvalue weighted by atomic mass is 10.6. The lowest BCUT2D eigenvalue weighted by Gasteiger charge is -1.98. The molecule has 0 aromatic rings. The molecule has 0 atom stereocenters. The Labute approximate surface area is 65.2 Å². The zero-order valence-corrected chi connectivity index (χ0v) is 7.45. The first-order chi connectivity index (χ1) is 3.73. The maximum atomic E-state index is 7.23. The van der Waals surface area contributed by atoms with Crippen LogP contribution in [0.1, 0.15) is 13.8 Å². The minimum Gasteiger partial charge on any atom is -0.328 e. The van der Waals surface area contributed by atoms with Gasteiger partial charge in [-0.25, -0.2) is 0 Å². The highest BCUT2D eigenvalue weighted by atomic mass is 35.5. The molecule has 0 spiro atoms. The summed E-state index contributed by atoms with van der Waals surface area (Å²) in [6.07, 6.45) is 0. The normalized spacial score (nSPS) is 10.7. The molecule has 0 aliphatic rings. The van der Waals surface area contributed by atoms with Gasteiger partial charge in [0.05, 0.1) is 0 Å². The third-order valence-corrected chi connectivity index (χ3v) is 0. The Morgan fingerprint density at radius 2 is 1.11 bits per heavy atom. The molecule has 9 heavy (non-hydrogen) atoms. The van der Waals surface area contributed by atoms with Crippen LogP contribution in [0.2, 0.25) is 0 Å². The lowest BCUT2D eigenvalue weighted by molar-refractivity contribution is 0.368. The molecule has 0 heterocycles. The molecule has 0 aliphatic heterocycles. The Morgan fingerprint density at radius 1 is 1.11 bits per heavy atom. The van der Waals surface area contributed by atoms with Gasteiger partial charge in [-0.3, -0.25) is 0 Å². The standard InChI is InChI=1S/C3H6Cl2.H3O3P/c1-3(2,4)5;1-4(2)3/h1-2H3;1-3H. The van der Waals surface area contributed by atoms with Gasteiger partial charge in [-0.05, 0) is 13.8 Å². The zero-order chi connectivity index (χ0) is 8.08. The second-order valence-corrected chi connectivity index (χ2v) is 4.22. The quantitative estimate of drug-likeness (QED) is 0.404. The summed E-state index contributed by atoms with van der Waals surface area (Å²) in [5.41, 5.74) is 0. The van der Waals surface area contributed by atoms with E-state index in [4.69, 9.17) is 37.9 Å². The molecule has 0 radical (unpaired) electrons. The van der Waals surface area contributed by atoms with Crippen molar-refractivity contribution in [2.24, 2.45) is 0 Å². The highest BCUT2D eigenvalue weighted by Crippen LogP contribution is 2.16. The molecular formula is C3H9Cl2O3P. The molecule has 3 nitrogen and oxygen atoms in total. The van der Waals surface area contributed by atoms with Gasteiger partial charge in [-0.2, -0.15) is 0 Å². The summed E-state index contributed by atoms with van der Waals surface area (Å²) in [6, 6.07) is 0. The monoisotopic (exact) mass is 194 g/mol. The largest absolute Gasteiger partial charge is 0.328 e. The van der Waals surface area contributed by atoms with Crippen LogP contribution in [0.4, 0.5) is 0 Å². The predicted molar refractivity (Wildman–Crippen MR) is 39.4 cm³/mol. The fourth-order valence-corrected chi connectivity index (χ4v) is 0. The maximum Gasteiger partial charge on any atom is 0.324 e. The third-order valence-electron chi connectivity index (χ3n) is 0. The predicted octanol–water partition coefficient (Wildman–Crippen LogP) is 1.39. The van der Waals surface area contributed by atoms with E-state index in [1.807, 2.05) is 0 Å². The third kappa shape index (κ3) is 533. The van der Waals surface area contributed by atoms with Crippen LogP contribution >= 0.6 is 31.8 Å². The van der Waals surface area contributed by atoms with Gasteiger partial charge in [0.15, 0.2) is 0 Å². The summed E-state index contributed by atoms with van der Waals surface area (Å²) in [4.78, 5) is 21.7. The molecule has 0 rings (SSSR count). The van der Waals surface area contributed by atoms with Crippen molar-refractivity contribution in [3.05, 3.63) is 0 Å². The van der Waals surface area contributed by atoms with Crippen LogP contribution in [0.25, 0.3) is 0 Å². The van der Waals surface area contributed by atoms with Crippen LogP contribution in [0.3, 0.4) is 0 Å². The number of rotatable bonds is 0. The maximum absolute atomic E-state index is 7.23. The average Bonchev–Trinajstić information content (AvgIpc) is 1.19. The fraction of sp³-hybridized carbons (Fsp3) is 1.00. The van der Waals surface area contributed by atoms with Crippen molar-refractivity contribution in [1.29, 1.82) is 0 Å². The lowest BCUT2D eigenvalue weighted by Crippen LogP contribution is -1.93. The number of alkyl halides is 2. The van der Waals surface area contributed by atoms with Crippen molar-refractivity contribution in [1.82, 2.24) is 0 Å². The fourth-order valence-electron chi connectivity index (χ4n) is 0. The van der Waals surface area contributed by atoms with Gasteiger partial charge in [-0.1, -0.05) is 0 Å². The van der Waals surface area contributed by atoms with E-state index in [-0.39, 0.29) is 0 Å². The van der Waals surface area contributed by atoms with Gasteiger partial charge in [0.1, 0.15) is 4.33 Å². The van der Waals surface area contributed by atoms with Crippen molar-refractivity contribution in [2.45, 2.75) is 18.2 Å². The van der Waals surface area contributed by atoms with E-state index < -0.39 is 12.9 Å². The molecule has 58 valence electrons. The van der Waals surface area contributed by atoms with Crippen LogP contribution in [0.15, 0.2) is 0 Å². The molecule has 0 aromatic heterocycles. The summed E-state index contributed by atoms with van der Waals surface area (Å²) in [5.74, 6) is 0. The molecule has 0 fully saturated rings. The SMILES string of the molecule is CC(C)(Cl)Cl.OP(O)O. The number of halogens is 2. The molecule has 6 heteroatoms. The first-order valence-electron chi connectivity index (χ1n) is 1.98. The van der Waals surface area contributed by atoms with E-state index in [0.717, 1.165) is 0 Å². The van der Waals surface area contributed by atoms with Crippen LogP contribution in [-0.2, 0) is 0 Å². The van der Waals surface area contributed by atoms with Crippen LogP contribution in [-0.4, -0.2) is 19.0 Å². The average molecular weight is 195 g/mol. The van der Waals surface area contributed by atoms with Crippen molar-refractivity contribution in [3.63, 3.8) is 0 Å². The molecule has 0 saturated heterocycles.